The van der Waals surface area contributed by atoms with E-state index in [1.54, 1.807) is 0 Å². The average Bonchev–Trinajstić information content (AvgIpc) is 3.17. The molecule has 0 radical (unpaired) electrons. The monoisotopic (exact) mass is 697 g/mol. The third-order valence-electron chi connectivity index (χ3n) is 14.7. The molecule has 2 atom stereocenters. The van der Waals surface area contributed by atoms with Gasteiger partial charge in [0.05, 0.1) is 12.4 Å². The van der Waals surface area contributed by atoms with Gasteiger partial charge in [-0.25, -0.2) is 0 Å². The SMILES string of the molecule is CCCCCC1CCC(C(c2cc(Oc3cnc(C)c(C(C4CCCCC4)C4CCC(CCCCC)CC4)c3)cnc2C)C2CCCCC2)CC1. The third kappa shape index (κ3) is 10.6. The summed E-state index contributed by atoms with van der Waals surface area (Å²) >= 11 is 0. The summed E-state index contributed by atoms with van der Waals surface area (Å²) in [4.78, 5) is 10.1. The molecule has 0 aromatic carbocycles. The van der Waals surface area contributed by atoms with E-state index < -0.39 is 0 Å². The van der Waals surface area contributed by atoms with Crippen molar-refractivity contribution in [1.29, 1.82) is 0 Å². The summed E-state index contributed by atoms with van der Waals surface area (Å²) in [5.74, 6) is 8.16. The van der Waals surface area contributed by atoms with E-state index in [4.69, 9.17) is 14.7 Å². The summed E-state index contributed by atoms with van der Waals surface area (Å²) < 4.78 is 6.84. The number of rotatable bonds is 16. The molecule has 2 unspecified atom stereocenters. The molecule has 6 rings (SSSR count). The van der Waals surface area contributed by atoms with Crippen LogP contribution < -0.4 is 4.74 Å². The number of hydrogen-bond donors (Lipinski definition) is 0. The first kappa shape index (κ1) is 38.8. The third-order valence-corrected chi connectivity index (χ3v) is 14.7. The number of hydrogen-bond acceptors (Lipinski definition) is 3. The van der Waals surface area contributed by atoms with Crippen LogP contribution >= 0.6 is 0 Å². The van der Waals surface area contributed by atoms with E-state index in [2.05, 4.69) is 39.8 Å². The lowest BCUT2D eigenvalue weighted by Crippen LogP contribution is -2.28. The molecule has 2 aromatic heterocycles. The van der Waals surface area contributed by atoms with Crippen molar-refractivity contribution in [3.05, 3.63) is 47.0 Å². The zero-order valence-corrected chi connectivity index (χ0v) is 33.6. The van der Waals surface area contributed by atoms with Crippen LogP contribution in [0.5, 0.6) is 11.5 Å². The number of nitrogens with zero attached hydrogens (tertiary/aromatic N) is 2. The molecule has 3 heteroatoms. The van der Waals surface area contributed by atoms with Gasteiger partial charge in [0, 0.05) is 11.4 Å². The van der Waals surface area contributed by atoms with Crippen molar-refractivity contribution >= 4 is 0 Å². The minimum Gasteiger partial charge on any atom is -0.454 e. The molecule has 4 fully saturated rings. The van der Waals surface area contributed by atoms with Gasteiger partial charge in [-0.3, -0.25) is 9.97 Å². The maximum Gasteiger partial charge on any atom is 0.146 e. The molecule has 0 spiro atoms. The van der Waals surface area contributed by atoms with Crippen molar-refractivity contribution in [1.82, 2.24) is 9.97 Å². The van der Waals surface area contributed by atoms with E-state index in [0.29, 0.717) is 11.8 Å². The predicted octanol–water partition coefficient (Wildman–Crippen LogP) is 15.0. The van der Waals surface area contributed by atoms with E-state index in [1.165, 1.54) is 189 Å². The van der Waals surface area contributed by atoms with Gasteiger partial charge in [0.15, 0.2) is 0 Å². The second-order valence-corrected chi connectivity index (χ2v) is 18.2. The van der Waals surface area contributed by atoms with E-state index in [-0.39, 0.29) is 0 Å². The van der Waals surface area contributed by atoms with Crippen LogP contribution in [0, 0.1) is 49.4 Å². The minimum atomic E-state index is 0.623. The summed E-state index contributed by atoms with van der Waals surface area (Å²) in [6, 6.07) is 4.85. The summed E-state index contributed by atoms with van der Waals surface area (Å²) in [6.07, 6.45) is 40.6. The predicted molar refractivity (Wildman–Crippen MR) is 216 cm³/mol. The van der Waals surface area contributed by atoms with Gasteiger partial charge in [0.2, 0.25) is 0 Å². The van der Waals surface area contributed by atoms with Crippen LogP contribution in [0.2, 0.25) is 0 Å². The molecule has 4 saturated carbocycles. The number of ether oxygens (including phenoxy) is 1. The molecule has 4 aliphatic rings. The van der Waals surface area contributed by atoms with Crippen molar-refractivity contribution in [2.24, 2.45) is 35.5 Å². The maximum atomic E-state index is 6.84. The Kier molecular flexibility index (Phi) is 15.2. The van der Waals surface area contributed by atoms with Gasteiger partial charge in [-0.15, -0.1) is 0 Å². The molecule has 0 amide bonds. The Hall–Kier alpha value is -1.90. The Bertz CT molecular complexity index is 1190. The molecule has 3 nitrogen and oxygen atoms in total. The Morgan fingerprint density at radius 3 is 1.25 bits per heavy atom. The summed E-state index contributed by atoms with van der Waals surface area (Å²) in [7, 11) is 0. The number of aromatic nitrogens is 2. The lowest BCUT2D eigenvalue weighted by molar-refractivity contribution is 0.171. The van der Waals surface area contributed by atoms with Crippen molar-refractivity contribution in [2.75, 3.05) is 0 Å². The molecule has 4 aliphatic carbocycles. The molecule has 2 aromatic rings. The van der Waals surface area contributed by atoms with E-state index in [0.717, 1.165) is 47.0 Å². The van der Waals surface area contributed by atoms with Crippen molar-refractivity contribution in [3.8, 4) is 11.5 Å². The van der Waals surface area contributed by atoms with Crippen LogP contribution in [0.15, 0.2) is 24.5 Å². The number of aryl methyl sites for hydroxylation is 2. The fourth-order valence-corrected chi connectivity index (χ4v) is 11.8. The second kappa shape index (κ2) is 20.0. The van der Waals surface area contributed by atoms with Gasteiger partial charge in [0.25, 0.3) is 0 Å². The Morgan fingerprint density at radius 1 is 0.510 bits per heavy atom. The Balaban J connectivity index is 1.20. The first-order valence-electron chi connectivity index (χ1n) is 22.6. The first-order chi connectivity index (χ1) is 25.0. The molecule has 51 heavy (non-hydrogen) atoms. The zero-order chi connectivity index (χ0) is 35.4. The largest absolute Gasteiger partial charge is 0.454 e. The fraction of sp³-hybridized carbons (Fsp3) is 0.792. The number of pyridine rings is 2. The van der Waals surface area contributed by atoms with Gasteiger partial charge >= 0.3 is 0 Å². The van der Waals surface area contributed by atoms with Crippen LogP contribution in [-0.4, -0.2) is 9.97 Å². The zero-order valence-electron chi connectivity index (χ0n) is 33.6. The quantitative estimate of drug-likeness (QED) is 0.164. The molecule has 0 saturated heterocycles. The highest BCUT2D eigenvalue weighted by Crippen LogP contribution is 2.50. The molecule has 0 N–H and O–H groups in total. The van der Waals surface area contributed by atoms with Gasteiger partial charge in [-0.2, -0.15) is 0 Å². The van der Waals surface area contributed by atoms with Crippen LogP contribution in [0.1, 0.15) is 215 Å². The molecular formula is C48H76N2O. The standard InChI is InChI=1S/C48H76N2O/c1-5-7-11-17-37-23-27-41(28-24-37)47(39-19-13-9-14-20-39)45-31-43(33-49-35(45)3)51-44-32-46(36(4)50-34-44)48(40-21-15-10-16-22-40)42-29-25-38(26-30-42)18-12-8-6-2/h31-34,37-42,47-48H,5-30H2,1-4H3. The van der Waals surface area contributed by atoms with Crippen LogP contribution in [-0.2, 0) is 0 Å². The van der Waals surface area contributed by atoms with Crippen molar-refractivity contribution in [3.63, 3.8) is 0 Å². The highest BCUT2D eigenvalue weighted by Gasteiger charge is 2.37. The van der Waals surface area contributed by atoms with Crippen LogP contribution in [0.25, 0.3) is 0 Å². The molecule has 2 heterocycles. The molecule has 0 bridgehead atoms. The topological polar surface area (TPSA) is 35.0 Å². The summed E-state index contributed by atoms with van der Waals surface area (Å²) in [5.41, 5.74) is 5.44. The van der Waals surface area contributed by atoms with Crippen LogP contribution in [0.3, 0.4) is 0 Å². The average molecular weight is 697 g/mol. The van der Waals surface area contributed by atoms with Crippen LogP contribution in [0.4, 0.5) is 0 Å². The number of unbranched alkanes of at least 4 members (excludes halogenated alkanes) is 4. The second-order valence-electron chi connectivity index (χ2n) is 18.2. The normalized spacial score (nSPS) is 26.5. The molecule has 0 aliphatic heterocycles. The highest BCUT2D eigenvalue weighted by atomic mass is 16.5. The molecule has 284 valence electrons. The van der Waals surface area contributed by atoms with Gasteiger partial charge in [0.1, 0.15) is 11.5 Å². The van der Waals surface area contributed by atoms with E-state index in [9.17, 15) is 0 Å². The Labute approximate surface area is 314 Å². The maximum absolute atomic E-state index is 6.84. The lowest BCUT2D eigenvalue weighted by Gasteiger charge is -2.40. The van der Waals surface area contributed by atoms with Gasteiger partial charge in [-0.1, -0.05) is 129 Å². The lowest BCUT2D eigenvalue weighted by atomic mass is 9.65. The fourth-order valence-electron chi connectivity index (χ4n) is 11.8. The van der Waals surface area contributed by atoms with Gasteiger partial charge < -0.3 is 4.74 Å². The van der Waals surface area contributed by atoms with Crippen molar-refractivity contribution in [2.45, 2.75) is 206 Å². The molecular weight excluding hydrogens is 621 g/mol. The Morgan fingerprint density at radius 2 is 0.882 bits per heavy atom. The minimum absolute atomic E-state index is 0.623. The first-order valence-corrected chi connectivity index (χ1v) is 22.6. The highest BCUT2D eigenvalue weighted by molar-refractivity contribution is 5.39. The summed E-state index contributed by atoms with van der Waals surface area (Å²) in [6.45, 7) is 9.21. The van der Waals surface area contributed by atoms with E-state index in [1.807, 2.05) is 12.4 Å². The van der Waals surface area contributed by atoms with Crippen molar-refractivity contribution < 1.29 is 4.74 Å². The van der Waals surface area contributed by atoms with E-state index >= 15 is 0 Å². The summed E-state index contributed by atoms with van der Waals surface area (Å²) in [5, 5.41) is 0. The smallest absolute Gasteiger partial charge is 0.146 e. The van der Waals surface area contributed by atoms with Gasteiger partial charge in [-0.05, 0) is 136 Å².